The highest BCUT2D eigenvalue weighted by molar-refractivity contribution is 7.89. The lowest BCUT2D eigenvalue weighted by atomic mass is 10.4. The molecule has 0 aliphatic carbocycles. The fraction of sp³-hybridized carbons (Fsp3) is 0.556. The largest absolute Gasteiger partial charge is 0.326 e. The van der Waals surface area contributed by atoms with E-state index in [0.29, 0.717) is 13.1 Å². The maximum atomic E-state index is 12.2. The highest BCUT2D eigenvalue weighted by Gasteiger charge is 2.30. The van der Waals surface area contributed by atoms with Crippen LogP contribution < -0.4 is 11.2 Å². The van der Waals surface area contributed by atoms with E-state index in [2.05, 4.69) is 4.98 Å². The Hall–Kier alpha value is -1.41. The van der Waals surface area contributed by atoms with Crippen LogP contribution in [0.2, 0.25) is 0 Å². The quantitative estimate of drug-likeness (QED) is 0.675. The molecule has 1 aromatic rings. The maximum absolute atomic E-state index is 12.2. The van der Waals surface area contributed by atoms with Gasteiger partial charge in [0.15, 0.2) is 5.03 Å². The van der Waals surface area contributed by atoms with Crippen molar-refractivity contribution in [2.75, 3.05) is 13.1 Å². The Bertz CT molecular complexity index is 637. The number of nitrogens with one attached hydrogen (secondary N) is 2. The van der Waals surface area contributed by atoms with E-state index in [-0.39, 0.29) is 10.6 Å². The third kappa shape index (κ3) is 2.05. The number of hydrogen-bond acceptors (Lipinski definition) is 4. The molecule has 2 N–H and O–H groups in total. The fourth-order valence-corrected chi connectivity index (χ4v) is 3.54. The van der Waals surface area contributed by atoms with E-state index in [1.807, 2.05) is 4.98 Å². The smallest absolute Gasteiger partial charge is 0.296 e. The lowest BCUT2D eigenvalue weighted by Gasteiger charge is -2.15. The van der Waals surface area contributed by atoms with Gasteiger partial charge in [0.1, 0.15) is 0 Å². The molecule has 94 valence electrons. The van der Waals surface area contributed by atoms with Crippen molar-refractivity contribution in [1.82, 2.24) is 14.3 Å². The van der Waals surface area contributed by atoms with Gasteiger partial charge >= 0.3 is 5.69 Å². The zero-order chi connectivity index (χ0) is 12.6. The van der Waals surface area contributed by atoms with Crippen molar-refractivity contribution in [1.29, 1.82) is 0 Å². The minimum absolute atomic E-state index is 0.0106. The average Bonchev–Trinajstić information content (AvgIpc) is 2.76. The molecule has 7 nitrogen and oxygen atoms in total. The molecule has 2 heterocycles. The topological polar surface area (TPSA) is 103 Å². The molecule has 0 radical (unpaired) electrons. The van der Waals surface area contributed by atoms with Crippen molar-refractivity contribution < 1.29 is 8.42 Å². The number of sulfonamides is 1. The molecular weight excluding hydrogens is 246 g/mol. The first-order chi connectivity index (χ1) is 7.93. The molecule has 0 amide bonds. The summed E-state index contributed by atoms with van der Waals surface area (Å²) < 4.78 is 25.6. The Morgan fingerprint density at radius 3 is 2.29 bits per heavy atom. The molecule has 1 aromatic heterocycles. The molecule has 17 heavy (non-hydrogen) atoms. The van der Waals surface area contributed by atoms with Crippen LogP contribution in [0.5, 0.6) is 0 Å². The number of rotatable bonds is 2. The second-order valence-electron chi connectivity index (χ2n) is 3.97. The van der Waals surface area contributed by atoms with E-state index in [1.54, 1.807) is 0 Å². The molecule has 8 heteroatoms. The third-order valence-electron chi connectivity index (χ3n) is 2.80. The van der Waals surface area contributed by atoms with Crippen LogP contribution in [-0.2, 0) is 10.0 Å². The molecule has 1 fully saturated rings. The normalized spacial score (nSPS) is 17.5. The maximum Gasteiger partial charge on any atom is 0.326 e. The van der Waals surface area contributed by atoms with Crippen LogP contribution in [-0.4, -0.2) is 35.8 Å². The van der Waals surface area contributed by atoms with Crippen LogP contribution in [0, 0.1) is 6.92 Å². The summed E-state index contributed by atoms with van der Waals surface area (Å²) in [6.45, 7) is 2.23. The molecule has 0 saturated carbocycles. The van der Waals surface area contributed by atoms with Gasteiger partial charge in [-0.3, -0.25) is 14.8 Å². The second kappa shape index (κ2) is 4.11. The van der Waals surface area contributed by atoms with E-state index in [1.165, 1.54) is 11.2 Å². The molecule has 0 spiro atoms. The predicted molar refractivity (Wildman–Crippen MR) is 60.4 cm³/mol. The Morgan fingerprint density at radius 2 is 1.71 bits per heavy atom. The molecule has 0 unspecified atom stereocenters. The summed E-state index contributed by atoms with van der Waals surface area (Å²) in [6, 6.07) is 0. The number of aromatic amines is 2. The van der Waals surface area contributed by atoms with Crippen LogP contribution in [0.3, 0.4) is 0 Å². The van der Waals surface area contributed by atoms with E-state index in [0.717, 1.165) is 12.8 Å². The lowest BCUT2D eigenvalue weighted by molar-refractivity contribution is 0.472. The standard InChI is InChI=1S/C9H13N3O4S/c1-6-7(13)10-9(14)11-8(6)17(15,16)12-4-2-3-5-12/h2-5H2,1H3,(H2,10,11,13,14). The highest BCUT2D eigenvalue weighted by atomic mass is 32.2. The van der Waals surface area contributed by atoms with Gasteiger partial charge in [0.05, 0.1) is 5.56 Å². The minimum Gasteiger partial charge on any atom is -0.296 e. The number of nitrogens with zero attached hydrogens (tertiary/aromatic N) is 1. The van der Waals surface area contributed by atoms with Crippen molar-refractivity contribution in [2.45, 2.75) is 24.8 Å². The van der Waals surface area contributed by atoms with Crippen molar-refractivity contribution in [3.05, 3.63) is 26.4 Å². The number of hydrogen-bond donors (Lipinski definition) is 2. The average molecular weight is 259 g/mol. The van der Waals surface area contributed by atoms with E-state index >= 15 is 0 Å². The summed E-state index contributed by atoms with van der Waals surface area (Å²) in [7, 11) is -3.76. The van der Waals surface area contributed by atoms with Gasteiger partial charge in [-0.25, -0.2) is 13.2 Å². The number of H-pyrrole nitrogens is 2. The van der Waals surface area contributed by atoms with E-state index < -0.39 is 21.3 Å². The van der Waals surface area contributed by atoms with Gasteiger partial charge < -0.3 is 0 Å². The summed E-state index contributed by atoms with van der Waals surface area (Å²) in [5.74, 6) is 0. The molecular formula is C9H13N3O4S. The van der Waals surface area contributed by atoms with Crippen LogP contribution in [0.15, 0.2) is 14.6 Å². The van der Waals surface area contributed by atoms with Crippen molar-refractivity contribution in [3.63, 3.8) is 0 Å². The SMILES string of the molecule is Cc1c(S(=O)(=O)N2CCCC2)[nH]c(=O)[nH]c1=O. The van der Waals surface area contributed by atoms with Crippen molar-refractivity contribution in [2.24, 2.45) is 0 Å². The predicted octanol–water partition coefficient (Wildman–Crippen LogP) is -0.844. The summed E-state index contributed by atoms with van der Waals surface area (Å²) in [5, 5.41) is -0.298. The summed E-state index contributed by atoms with van der Waals surface area (Å²) in [6.07, 6.45) is 1.59. The van der Waals surface area contributed by atoms with Crippen LogP contribution >= 0.6 is 0 Å². The fourth-order valence-electron chi connectivity index (χ4n) is 1.84. The monoisotopic (exact) mass is 259 g/mol. The highest BCUT2D eigenvalue weighted by Crippen LogP contribution is 2.19. The number of aromatic nitrogens is 2. The van der Waals surface area contributed by atoms with Gasteiger partial charge in [-0.05, 0) is 19.8 Å². The van der Waals surface area contributed by atoms with E-state index in [4.69, 9.17) is 0 Å². The summed E-state index contributed by atoms with van der Waals surface area (Å²) >= 11 is 0. The van der Waals surface area contributed by atoms with E-state index in [9.17, 15) is 18.0 Å². The van der Waals surface area contributed by atoms with Gasteiger partial charge in [0.2, 0.25) is 0 Å². The van der Waals surface area contributed by atoms with Crippen LogP contribution in [0.4, 0.5) is 0 Å². The van der Waals surface area contributed by atoms with Crippen LogP contribution in [0.25, 0.3) is 0 Å². The molecule has 0 aromatic carbocycles. The van der Waals surface area contributed by atoms with Gasteiger partial charge in [-0.1, -0.05) is 0 Å². The lowest BCUT2D eigenvalue weighted by Crippen LogP contribution is -2.34. The molecule has 0 atom stereocenters. The van der Waals surface area contributed by atoms with Gasteiger partial charge in [0.25, 0.3) is 15.6 Å². The first kappa shape index (κ1) is 12.1. The minimum atomic E-state index is -3.76. The molecule has 1 aliphatic rings. The first-order valence-electron chi connectivity index (χ1n) is 5.26. The van der Waals surface area contributed by atoms with Gasteiger partial charge in [-0.2, -0.15) is 4.31 Å². The molecule has 2 rings (SSSR count). The Kier molecular flexibility index (Phi) is 2.92. The molecule has 1 saturated heterocycles. The molecule has 1 aliphatic heterocycles. The van der Waals surface area contributed by atoms with Crippen molar-refractivity contribution >= 4 is 10.0 Å². The first-order valence-corrected chi connectivity index (χ1v) is 6.70. The third-order valence-corrected chi connectivity index (χ3v) is 4.77. The Morgan fingerprint density at radius 1 is 1.12 bits per heavy atom. The van der Waals surface area contributed by atoms with Crippen molar-refractivity contribution in [3.8, 4) is 0 Å². The summed E-state index contributed by atoms with van der Waals surface area (Å²) in [4.78, 5) is 26.7. The second-order valence-corrected chi connectivity index (χ2v) is 5.85. The zero-order valence-corrected chi connectivity index (χ0v) is 10.1. The van der Waals surface area contributed by atoms with Crippen LogP contribution in [0.1, 0.15) is 18.4 Å². The molecule has 0 bridgehead atoms. The Labute approximate surface area is 97.5 Å². The Balaban J connectivity index is 2.61. The zero-order valence-electron chi connectivity index (χ0n) is 9.32. The van der Waals surface area contributed by atoms with Gasteiger partial charge in [-0.15, -0.1) is 0 Å². The van der Waals surface area contributed by atoms with Gasteiger partial charge in [0, 0.05) is 13.1 Å². The summed E-state index contributed by atoms with van der Waals surface area (Å²) in [5.41, 5.74) is -1.47.